The Kier molecular flexibility index (Phi) is 8.39. The smallest absolute Gasteiger partial charge is 0.195 e. The fraction of sp³-hybridized carbons (Fsp3) is 0.429. The number of anilines is 2. The summed E-state index contributed by atoms with van der Waals surface area (Å²) in [7, 11) is 3.37. The summed E-state index contributed by atoms with van der Waals surface area (Å²) in [6, 6.07) is 9.83. The van der Waals surface area contributed by atoms with Gasteiger partial charge in [0.2, 0.25) is 0 Å². The van der Waals surface area contributed by atoms with Crippen LogP contribution in [0.4, 0.5) is 11.5 Å². The summed E-state index contributed by atoms with van der Waals surface area (Å²) in [6.45, 7) is 9.30. The van der Waals surface area contributed by atoms with Gasteiger partial charge >= 0.3 is 0 Å². The molecule has 2 rings (SSSR count). The van der Waals surface area contributed by atoms with Crippen LogP contribution in [0.1, 0.15) is 26.3 Å². The second-order valence-corrected chi connectivity index (χ2v) is 6.05. The summed E-state index contributed by atoms with van der Waals surface area (Å²) < 4.78 is 10.9. The lowest BCUT2D eigenvalue weighted by Crippen LogP contribution is -2.30. The first-order chi connectivity index (χ1) is 13.6. The minimum atomic E-state index is 0.573. The Balaban J connectivity index is 1.99. The Morgan fingerprint density at radius 1 is 1.11 bits per heavy atom. The standard InChI is InChI=1S/C21H31N5O2/c1-6-26(7-2)20-12-9-16(14-23-20)15-24-21(22-4)25-17-10-11-18(27-5)19(13-17)28-8-3/h9-14H,6-8,15H2,1-5H3,(H2,22,24,25). The van der Waals surface area contributed by atoms with Gasteiger partial charge in [-0.15, -0.1) is 0 Å². The molecule has 0 aliphatic heterocycles. The molecule has 0 bridgehead atoms. The van der Waals surface area contributed by atoms with Gasteiger partial charge in [0.05, 0.1) is 13.7 Å². The van der Waals surface area contributed by atoms with E-state index in [2.05, 4.69) is 51.5 Å². The predicted molar refractivity (Wildman–Crippen MR) is 116 cm³/mol. The average molecular weight is 386 g/mol. The van der Waals surface area contributed by atoms with Gasteiger partial charge in [-0.3, -0.25) is 4.99 Å². The number of hydrogen-bond donors (Lipinski definition) is 2. The molecule has 1 aromatic heterocycles. The van der Waals surface area contributed by atoms with Crippen LogP contribution in [0.2, 0.25) is 0 Å². The van der Waals surface area contributed by atoms with Crippen LogP contribution >= 0.6 is 0 Å². The van der Waals surface area contributed by atoms with Gasteiger partial charge in [0.25, 0.3) is 0 Å². The molecule has 0 radical (unpaired) electrons. The maximum atomic E-state index is 5.62. The van der Waals surface area contributed by atoms with E-state index in [0.717, 1.165) is 30.2 Å². The minimum Gasteiger partial charge on any atom is -0.493 e. The van der Waals surface area contributed by atoms with E-state index < -0.39 is 0 Å². The van der Waals surface area contributed by atoms with Gasteiger partial charge in [-0.2, -0.15) is 0 Å². The molecule has 0 fully saturated rings. The SMILES string of the molecule is CCOc1cc(NC(=NC)NCc2ccc(N(CC)CC)nc2)ccc1OC. The molecule has 0 saturated heterocycles. The Bertz CT molecular complexity index is 758. The van der Waals surface area contributed by atoms with Crippen LogP contribution in [0.3, 0.4) is 0 Å². The third-order valence-corrected chi connectivity index (χ3v) is 4.31. The van der Waals surface area contributed by atoms with Crippen molar-refractivity contribution in [1.82, 2.24) is 10.3 Å². The molecule has 0 aliphatic rings. The second kappa shape index (κ2) is 11.0. The lowest BCUT2D eigenvalue weighted by atomic mass is 10.2. The number of pyridine rings is 1. The van der Waals surface area contributed by atoms with Crippen LogP contribution in [0.15, 0.2) is 41.5 Å². The van der Waals surface area contributed by atoms with E-state index >= 15 is 0 Å². The fourth-order valence-electron chi connectivity index (χ4n) is 2.78. The normalized spacial score (nSPS) is 11.1. The van der Waals surface area contributed by atoms with Crippen molar-refractivity contribution in [2.45, 2.75) is 27.3 Å². The van der Waals surface area contributed by atoms with Crippen LogP contribution in [0.25, 0.3) is 0 Å². The van der Waals surface area contributed by atoms with Gasteiger partial charge in [-0.1, -0.05) is 6.07 Å². The van der Waals surface area contributed by atoms with E-state index in [1.165, 1.54) is 0 Å². The molecule has 7 heteroatoms. The molecule has 0 spiro atoms. The number of nitrogens with zero attached hydrogens (tertiary/aromatic N) is 3. The summed E-state index contributed by atoms with van der Waals surface area (Å²) >= 11 is 0. The molecule has 1 heterocycles. The van der Waals surface area contributed by atoms with Crippen molar-refractivity contribution in [3.63, 3.8) is 0 Å². The first kappa shape index (κ1) is 21.3. The lowest BCUT2D eigenvalue weighted by molar-refractivity contribution is 0.311. The molecule has 0 amide bonds. The molecular formula is C21H31N5O2. The number of aromatic nitrogens is 1. The van der Waals surface area contributed by atoms with Gasteiger partial charge in [0, 0.05) is 44.6 Å². The van der Waals surface area contributed by atoms with Crippen molar-refractivity contribution in [2.24, 2.45) is 4.99 Å². The summed E-state index contributed by atoms with van der Waals surface area (Å²) in [4.78, 5) is 11.1. The van der Waals surface area contributed by atoms with Crippen LogP contribution < -0.4 is 25.0 Å². The number of methoxy groups -OCH3 is 1. The summed E-state index contributed by atoms with van der Waals surface area (Å²) in [6.07, 6.45) is 1.90. The van der Waals surface area contributed by atoms with Gasteiger partial charge in [0.15, 0.2) is 17.5 Å². The van der Waals surface area contributed by atoms with Gasteiger partial charge in [-0.05, 0) is 44.5 Å². The van der Waals surface area contributed by atoms with Crippen molar-refractivity contribution < 1.29 is 9.47 Å². The van der Waals surface area contributed by atoms with E-state index in [1.807, 2.05) is 31.3 Å². The zero-order valence-electron chi connectivity index (χ0n) is 17.5. The third kappa shape index (κ3) is 5.77. The highest BCUT2D eigenvalue weighted by Crippen LogP contribution is 2.30. The second-order valence-electron chi connectivity index (χ2n) is 6.05. The summed E-state index contributed by atoms with van der Waals surface area (Å²) in [5.41, 5.74) is 1.95. The Hall–Kier alpha value is -2.96. The first-order valence-corrected chi connectivity index (χ1v) is 9.63. The van der Waals surface area contributed by atoms with Crippen molar-refractivity contribution in [1.29, 1.82) is 0 Å². The molecule has 2 N–H and O–H groups in total. The molecule has 0 aliphatic carbocycles. The van der Waals surface area contributed by atoms with Gasteiger partial charge in [-0.25, -0.2) is 4.98 Å². The maximum absolute atomic E-state index is 5.62. The fourth-order valence-corrected chi connectivity index (χ4v) is 2.78. The molecule has 7 nitrogen and oxygen atoms in total. The van der Waals surface area contributed by atoms with Gasteiger partial charge < -0.3 is 25.0 Å². The summed E-state index contributed by atoms with van der Waals surface area (Å²) in [5, 5.41) is 6.58. The number of aliphatic imine (C=N–C) groups is 1. The number of hydrogen-bond acceptors (Lipinski definition) is 5. The van der Waals surface area contributed by atoms with E-state index in [4.69, 9.17) is 9.47 Å². The zero-order chi connectivity index (χ0) is 20.4. The number of ether oxygens (including phenoxy) is 2. The average Bonchev–Trinajstić information content (AvgIpc) is 2.73. The van der Waals surface area contributed by atoms with Crippen molar-refractivity contribution >= 4 is 17.5 Å². The molecule has 1 aromatic carbocycles. The molecule has 2 aromatic rings. The van der Waals surface area contributed by atoms with Crippen LogP contribution in [0.5, 0.6) is 11.5 Å². The van der Waals surface area contributed by atoms with E-state index in [9.17, 15) is 0 Å². The molecule has 28 heavy (non-hydrogen) atoms. The van der Waals surface area contributed by atoms with Crippen LogP contribution in [-0.4, -0.2) is 44.8 Å². The Morgan fingerprint density at radius 2 is 1.89 bits per heavy atom. The highest BCUT2D eigenvalue weighted by atomic mass is 16.5. The minimum absolute atomic E-state index is 0.573. The zero-order valence-corrected chi connectivity index (χ0v) is 17.5. The third-order valence-electron chi connectivity index (χ3n) is 4.31. The Morgan fingerprint density at radius 3 is 2.46 bits per heavy atom. The van der Waals surface area contributed by atoms with E-state index in [1.54, 1.807) is 14.2 Å². The van der Waals surface area contributed by atoms with Crippen LogP contribution in [-0.2, 0) is 6.54 Å². The predicted octanol–water partition coefficient (Wildman–Crippen LogP) is 3.52. The van der Waals surface area contributed by atoms with Crippen molar-refractivity contribution in [3.05, 3.63) is 42.1 Å². The molecular weight excluding hydrogens is 354 g/mol. The van der Waals surface area contributed by atoms with Crippen molar-refractivity contribution in [3.8, 4) is 11.5 Å². The topological polar surface area (TPSA) is 71.0 Å². The number of nitrogens with one attached hydrogen (secondary N) is 2. The number of guanidine groups is 1. The van der Waals surface area contributed by atoms with Crippen molar-refractivity contribution in [2.75, 3.05) is 44.1 Å². The van der Waals surface area contributed by atoms with Crippen LogP contribution in [0, 0.1) is 0 Å². The monoisotopic (exact) mass is 385 g/mol. The largest absolute Gasteiger partial charge is 0.493 e. The lowest BCUT2D eigenvalue weighted by Gasteiger charge is -2.19. The quantitative estimate of drug-likeness (QED) is 0.508. The molecule has 0 unspecified atom stereocenters. The number of rotatable bonds is 9. The molecule has 152 valence electrons. The number of benzene rings is 1. The van der Waals surface area contributed by atoms with E-state index in [-0.39, 0.29) is 0 Å². The van der Waals surface area contributed by atoms with Gasteiger partial charge in [0.1, 0.15) is 5.82 Å². The highest BCUT2D eigenvalue weighted by Gasteiger charge is 2.08. The Labute approximate surface area is 167 Å². The molecule has 0 saturated carbocycles. The first-order valence-electron chi connectivity index (χ1n) is 9.63. The maximum Gasteiger partial charge on any atom is 0.195 e. The highest BCUT2D eigenvalue weighted by molar-refractivity contribution is 5.93. The summed E-state index contributed by atoms with van der Waals surface area (Å²) in [5.74, 6) is 3.06. The molecule has 0 atom stereocenters. The van der Waals surface area contributed by atoms with E-state index in [0.29, 0.717) is 30.6 Å².